The molecule has 41 heavy (non-hydrogen) atoms. The number of benzene rings is 1. The standard InChI is InChI=1S/C30H39N5O5S/c1-4-6-17-40-29(39)24-23-18-20(3)30(41-23)25(24)27(37)34(15-10-7-11-16-36)26(30)28(38)33(14-5-2)19-35-22-13-9-8-12-21(22)31-32-35/h4-5,8-9,12-13,20,23-26,36H,1-2,6-7,10-11,14-19H2,3H3/t20?,23-,24+,25+,26?,30?/m1/s1. The van der Waals surface area contributed by atoms with Crippen LogP contribution in [0.3, 0.4) is 0 Å². The number of ether oxygens (including phenoxy) is 1. The number of aliphatic hydroxyl groups excluding tert-OH is 1. The highest BCUT2D eigenvalue weighted by Gasteiger charge is 2.76. The summed E-state index contributed by atoms with van der Waals surface area (Å²) in [5, 5.41) is 17.7. The number of aromatic nitrogens is 3. The topological polar surface area (TPSA) is 118 Å². The number of likely N-dealkylation sites (tertiary alicyclic amines) is 1. The summed E-state index contributed by atoms with van der Waals surface area (Å²) < 4.78 is 6.56. The number of unbranched alkanes of at least 4 members (excludes halogenated alkanes) is 2. The van der Waals surface area contributed by atoms with Crippen molar-refractivity contribution in [1.82, 2.24) is 24.8 Å². The molecule has 3 aliphatic rings. The zero-order chi connectivity index (χ0) is 29.1. The van der Waals surface area contributed by atoms with Crippen LogP contribution in [0.2, 0.25) is 0 Å². The van der Waals surface area contributed by atoms with Crippen LogP contribution >= 0.6 is 11.8 Å². The van der Waals surface area contributed by atoms with Crippen molar-refractivity contribution in [2.24, 2.45) is 17.8 Å². The van der Waals surface area contributed by atoms with Crippen molar-refractivity contribution in [2.75, 3.05) is 26.3 Å². The number of amides is 2. The molecule has 6 atom stereocenters. The van der Waals surface area contributed by atoms with Gasteiger partial charge in [-0.2, -0.15) is 0 Å². The fourth-order valence-corrected chi connectivity index (χ4v) is 9.35. The van der Waals surface area contributed by atoms with Gasteiger partial charge in [-0.25, -0.2) is 4.68 Å². The van der Waals surface area contributed by atoms with Gasteiger partial charge in [0.1, 0.15) is 18.2 Å². The largest absolute Gasteiger partial charge is 0.465 e. The molecule has 0 radical (unpaired) electrons. The molecule has 4 heterocycles. The molecule has 10 nitrogen and oxygen atoms in total. The van der Waals surface area contributed by atoms with Crippen LogP contribution in [-0.2, 0) is 25.8 Å². The smallest absolute Gasteiger partial charge is 0.310 e. The molecule has 3 fully saturated rings. The fraction of sp³-hybridized carbons (Fsp3) is 0.567. The Labute approximate surface area is 244 Å². The molecule has 1 aromatic heterocycles. The summed E-state index contributed by atoms with van der Waals surface area (Å²) in [6.45, 7) is 10.8. The zero-order valence-corrected chi connectivity index (χ0v) is 24.4. The van der Waals surface area contributed by atoms with Gasteiger partial charge in [-0.3, -0.25) is 14.4 Å². The van der Waals surface area contributed by atoms with E-state index in [1.165, 1.54) is 0 Å². The second-order valence-corrected chi connectivity index (χ2v) is 12.7. The minimum Gasteiger partial charge on any atom is -0.465 e. The van der Waals surface area contributed by atoms with E-state index < -0.39 is 22.6 Å². The molecule has 1 spiro atoms. The number of para-hydroxylation sites is 1. The number of hydrogen-bond donors (Lipinski definition) is 1. The third-order valence-corrected chi connectivity index (χ3v) is 10.8. The molecule has 3 unspecified atom stereocenters. The van der Waals surface area contributed by atoms with E-state index in [1.54, 1.807) is 38.4 Å². The van der Waals surface area contributed by atoms with E-state index in [0.29, 0.717) is 25.8 Å². The molecule has 2 aromatic rings. The number of carbonyl (C=O) groups is 3. The van der Waals surface area contributed by atoms with Gasteiger partial charge in [0, 0.05) is 24.9 Å². The van der Waals surface area contributed by atoms with Crippen LogP contribution in [0.1, 0.15) is 39.0 Å². The van der Waals surface area contributed by atoms with Crippen LogP contribution in [0, 0.1) is 17.8 Å². The third-order valence-electron chi connectivity index (χ3n) is 8.76. The first kappa shape index (κ1) is 29.3. The summed E-state index contributed by atoms with van der Waals surface area (Å²) >= 11 is 1.64. The average molecular weight is 582 g/mol. The number of carbonyl (C=O) groups excluding carboxylic acids is 3. The van der Waals surface area contributed by atoms with Crippen molar-refractivity contribution >= 4 is 40.6 Å². The number of aliphatic hydroxyl groups is 1. The summed E-state index contributed by atoms with van der Waals surface area (Å²) in [6, 6.07) is 6.83. The first-order valence-electron chi connectivity index (χ1n) is 14.4. The van der Waals surface area contributed by atoms with E-state index in [2.05, 4.69) is 30.4 Å². The molecule has 0 aliphatic carbocycles. The summed E-state index contributed by atoms with van der Waals surface area (Å²) in [5.41, 5.74) is 1.54. The highest BCUT2D eigenvalue weighted by atomic mass is 32.2. The number of esters is 1. The van der Waals surface area contributed by atoms with Gasteiger partial charge in [0.15, 0.2) is 0 Å². The van der Waals surface area contributed by atoms with E-state index in [-0.39, 0.29) is 55.4 Å². The molecule has 11 heteroatoms. The monoisotopic (exact) mass is 581 g/mol. The minimum absolute atomic E-state index is 0.0536. The lowest BCUT2D eigenvalue weighted by Crippen LogP contribution is -2.57. The Hall–Kier alpha value is -3.18. The van der Waals surface area contributed by atoms with Crippen molar-refractivity contribution in [3.05, 3.63) is 49.6 Å². The van der Waals surface area contributed by atoms with Crippen molar-refractivity contribution < 1.29 is 24.2 Å². The van der Waals surface area contributed by atoms with Crippen LogP contribution in [0.4, 0.5) is 0 Å². The normalized spacial score (nSPS) is 28.2. The maximum absolute atomic E-state index is 14.6. The Morgan fingerprint density at radius 1 is 1.24 bits per heavy atom. The lowest BCUT2D eigenvalue weighted by molar-refractivity contribution is -0.154. The molecular formula is C30H39N5O5S. The van der Waals surface area contributed by atoms with E-state index in [1.807, 2.05) is 24.3 Å². The second kappa shape index (κ2) is 12.4. The summed E-state index contributed by atoms with van der Waals surface area (Å²) in [7, 11) is 0. The molecule has 2 bridgehead atoms. The summed E-state index contributed by atoms with van der Waals surface area (Å²) in [4.78, 5) is 45.6. The fourth-order valence-electron chi connectivity index (χ4n) is 6.95. The van der Waals surface area contributed by atoms with Gasteiger partial charge < -0.3 is 19.6 Å². The van der Waals surface area contributed by atoms with E-state index in [4.69, 9.17) is 4.74 Å². The molecule has 2 amide bonds. The van der Waals surface area contributed by atoms with Crippen LogP contribution < -0.4 is 0 Å². The first-order valence-corrected chi connectivity index (χ1v) is 15.3. The van der Waals surface area contributed by atoms with Crippen molar-refractivity contribution in [1.29, 1.82) is 0 Å². The highest BCUT2D eigenvalue weighted by molar-refractivity contribution is 8.02. The number of hydrogen-bond acceptors (Lipinski definition) is 8. The van der Waals surface area contributed by atoms with Crippen LogP contribution in [0.25, 0.3) is 11.0 Å². The second-order valence-electron chi connectivity index (χ2n) is 11.2. The van der Waals surface area contributed by atoms with Gasteiger partial charge in [-0.15, -0.1) is 30.0 Å². The number of rotatable bonds is 14. The Bertz CT molecular complexity index is 1320. The van der Waals surface area contributed by atoms with Crippen molar-refractivity contribution in [3.8, 4) is 0 Å². The predicted octanol–water partition coefficient (Wildman–Crippen LogP) is 3.02. The average Bonchev–Trinajstić information content (AvgIpc) is 3.68. The highest BCUT2D eigenvalue weighted by Crippen LogP contribution is 2.68. The van der Waals surface area contributed by atoms with Gasteiger partial charge in [0.25, 0.3) is 0 Å². The predicted molar refractivity (Wildman–Crippen MR) is 157 cm³/mol. The van der Waals surface area contributed by atoms with Gasteiger partial charge >= 0.3 is 5.97 Å². The Morgan fingerprint density at radius 2 is 2.05 bits per heavy atom. The summed E-state index contributed by atoms with van der Waals surface area (Å²) in [5.74, 6) is -1.84. The molecule has 0 saturated carbocycles. The lowest BCUT2D eigenvalue weighted by Gasteiger charge is -2.40. The summed E-state index contributed by atoms with van der Waals surface area (Å²) in [6.07, 6.45) is 6.68. The Kier molecular flexibility index (Phi) is 8.84. The van der Waals surface area contributed by atoms with E-state index >= 15 is 0 Å². The van der Waals surface area contributed by atoms with Crippen LogP contribution in [-0.4, -0.2) is 90.0 Å². The molecule has 220 valence electrons. The molecule has 3 aliphatic heterocycles. The van der Waals surface area contributed by atoms with Gasteiger partial charge in [0.2, 0.25) is 11.8 Å². The molecular weight excluding hydrogens is 542 g/mol. The number of thioether (sulfide) groups is 1. The first-order chi connectivity index (χ1) is 19.9. The van der Waals surface area contributed by atoms with Crippen molar-refractivity contribution in [2.45, 2.75) is 61.7 Å². The SMILES string of the molecule is C=CCCOC(=O)[C@@H]1[C@H]2C(=O)N(CCCCCO)C(C(=O)N(CC=C)Cn3nnc4ccccc43)C23S[C@@H]1CC3C. The van der Waals surface area contributed by atoms with Gasteiger partial charge in [-0.1, -0.05) is 36.4 Å². The maximum atomic E-state index is 14.6. The quantitative estimate of drug-likeness (QED) is 0.206. The molecule has 1 N–H and O–H groups in total. The maximum Gasteiger partial charge on any atom is 0.310 e. The van der Waals surface area contributed by atoms with Gasteiger partial charge in [-0.05, 0) is 50.2 Å². The van der Waals surface area contributed by atoms with E-state index in [9.17, 15) is 19.5 Å². The number of fused-ring (bicyclic) bond motifs is 2. The molecule has 5 rings (SSSR count). The molecule has 1 aromatic carbocycles. The van der Waals surface area contributed by atoms with E-state index in [0.717, 1.165) is 23.9 Å². The molecule has 3 saturated heterocycles. The lowest BCUT2D eigenvalue weighted by atomic mass is 9.66. The Morgan fingerprint density at radius 3 is 2.80 bits per heavy atom. The van der Waals surface area contributed by atoms with Gasteiger partial charge in [0.05, 0.1) is 28.7 Å². The third kappa shape index (κ3) is 5.07. The minimum atomic E-state index is -0.736. The van der Waals surface area contributed by atoms with Crippen molar-refractivity contribution in [3.63, 3.8) is 0 Å². The van der Waals surface area contributed by atoms with Crippen LogP contribution in [0.15, 0.2) is 49.6 Å². The van der Waals surface area contributed by atoms with Crippen LogP contribution in [0.5, 0.6) is 0 Å². The Balaban J connectivity index is 1.49. The number of nitrogens with zero attached hydrogens (tertiary/aromatic N) is 5. The zero-order valence-electron chi connectivity index (χ0n) is 23.6.